The van der Waals surface area contributed by atoms with Gasteiger partial charge in [0.2, 0.25) is 0 Å². The first kappa shape index (κ1) is 14.1. The van der Waals surface area contributed by atoms with Gasteiger partial charge in [0.15, 0.2) is 0 Å². The molecular formula is C15H13F2NO2. The SMILES string of the molecule is O=C(NCC(O)c1ccccc1)c1cc(F)cc(F)c1. The van der Waals surface area contributed by atoms with Gasteiger partial charge in [0.25, 0.3) is 5.91 Å². The monoisotopic (exact) mass is 277 g/mol. The maximum absolute atomic E-state index is 13.0. The predicted molar refractivity (Wildman–Crippen MR) is 70.1 cm³/mol. The van der Waals surface area contributed by atoms with Gasteiger partial charge in [0, 0.05) is 18.2 Å². The fourth-order valence-electron chi connectivity index (χ4n) is 1.77. The van der Waals surface area contributed by atoms with Gasteiger partial charge >= 0.3 is 0 Å². The molecule has 0 fully saturated rings. The zero-order valence-electron chi connectivity index (χ0n) is 10.5. The van der Waals surface area contributed by atoms with E-state index in [4.69, 9.17) is 0 Å². The van der Waals surface area contributed by atoms with Crippen molar-refractivity contribution in [1.82, 2.24) is 5.32 Å². The zero-order valence-corrected chi connectivity index (χ0v) is 10.5. The van der Waals surface area contributed by atoms with Gasteiger partial charge in [-0.2, -0.15) is 0 Å². The average Bonchev–Trinajstić information content (AvgIpc) is 2.44. The van der Waals surface area contributed by atoms with Crippen LogP contribution in [0.2, 0.25) is 0 Å². The standard InChI is InChI=1S/C15H13F2NO2/c16-12-6-11(7-13(17)8-12)15(20)18-9-14(19)10-4-2-1-3-5-10/h1-8,14,19H,9H2,(H,18,20). The number of aliphatic hydroxyl groups excluding tert-OH is 1. The van der Waals surface area contributed by atoms with E-state index < -0.39 is 23.6 Å². The van der Waals surface area contributed by atoms with E-state index in [1.54, 1.807) is 24.3 Å². The molecule has 0 saturated heterocycles. The maximum Gasteiger partial charge on any atom is 0.251 e. The number of hydrogen-bond acceptors (Lipinski definition) is 2. The molecule has 0 bridgehead atoms. The summed E-state index contributed by atoms with van der Waals surface area (Å²) in [5.74, 6) is -2.28. The molecule has 104 valence electrons. The third-order valence-electron chi connectivity index (χ3n) is 2.77. The van der Waals surface area contributed by atoms with Crippen molar-refractivity contribution in [3.8, 4) is 0 Å². The summed E-state index contributed by atoms with van der Waals surface area (Å²) >= 11 is 0. The Bertz CT molecular complexity index is 582. The lowest BCUT2D eigenvalue weighted by Gasteiger charge is -2.12. The summed E-state index contributed by atoms with van der Waals surface area (Å²) < 4.78 is 26.0. The topological polar surface area (TPSA) is 49.3 Å². The number of benzene rings is 2. The fraction of sp³-hybridized carbons (Fsp3) is 0.133. The molecule has 1 amide bonds. The number of aliphatic hydroxyl groups is 1. The van der Waals surface area contributed by atoms with Gasteiger partial charge in [0.1, 0.15) is 11.6 Å². The highest BCUT2D eigenvalue weighted by molar-refractivity contribution is 5.94. The lowest BCUT2D eigenvalue weighted by molar-refractivity contribution is 0.0915. The summed E-state index contributed by atoms with van der Waals surface area (Å²) in [5.41, 5.74) is 0.529. The van der Waals surface area contributed by atoms with Crippen molar-refractivity contribution in [2.45, 2.75) is 6.10 Å². The van der Waals surface area contributed by atoms with Crippen LogP contribution in [0.5, 0.6) is 0 Å². The van der Waals surface area contributed by atoms with Crippen LogP contribution >= 0.6 is 0 Å². The molecular weight excluding hydrogens is 264 g/mol. The number of halogens is 2. The Labute approximate surface area is 114 Å². The van der Waals surface area contributed by atoms with Crippen LogP contribution in [0.4, 0.5) is 8.78 Å². The molecule has 0 aromatic heterocycles. The first-order valence-corrected chi connectivity index (χ1v) is 6.03. The molecule has 3 nitrogen and oxygen atoms in total. The summed E-state index contributed by atoms with van der Waals surface area (Å²) in [5, 5.41) is 12.3. The van der Waals surface area contributed by atoms with Crippen LogP contribution in [-0.2, 0) is 0 Å². The van der Waals surface area contributed by atoms with Crippen molar-refractivity contribution in [3.05, 3.63) is 71.3 Å². The van der Waals surface area contributed by atoms with Crippen molar-refractivity contribution in [1.29, 1.82) is 0 Å². The minimum atomic E-state index is -0.876. The first-order valence-electron chi connectivity index (χ1n) is 6.03. The highest BCUT2D eigenvalue weighted by Gasteiger charge is 2.12. The summed E-state index contributed by atoms with van der Waals surface area (Å²) in [6.45, 7) is -0.0407. The fourth-order valence-corrected chi connectivity index (χ4v) is 1.77. The highest BCUT2D eigenvalue weighted by atomic mass is 19.1. The van der Waals surface area contributed by atoms with Crippen LogP contribution in [0.25, 0.3) is 0 Å². The molecule has 0 aliphatic heterocycles. The molecule has 0 aliphatic rings. The normalized spacial score (nSPS) is 11.9. The van der Waals surface area contributed by atoms with Crippen LogP contribution in [0.15, 0.2) is 48.5 Å². The Kier molecular flexibility index (Phi) is 4.42. The quantitative estimate of drug-likeness (QED) is 0.901. The van der Waals surface area contributed by atoms with Gasteiger partial charge in [-0.05, 0) is 17.7 Å². The predicted octanol–water partition coefficient (Wildman–Crippen LogP) is 2.43. The van der Waals surface area contributed by atoms with Gasteiger partial charge in [-0.1, -0.05) is 30.3 Å². The van der Waals surface area contributed by atoms with E-state index >= 15 is 0 Å². The molecule has 2 aromatic rings. The van der Waals surface area contributed by atoms with Crippen molar-refractivity contribution < 1.29 is 18.7 Å². The molecule has 0 spiro atoms. The van der Waals surface area contributed by atoms with Gasteiger partial charge < -0.3 is 10.4 Å². The van der Waals surface area contributed by atoms with Crippen LogP contribution < -0.4 is 5.32 Å². The van der Waals surface area contributed by atoms with E-state index in [0.717, 1.165) is 12.1 Å². The Morgan fingerprint density at radius 1 is 1.10 bits per heavy atom. The van der Waals surface area contributed by atoms with Crippen LogP contribution in [0, 0.1) is 11.6 Å². The second-order valence-corrected chi connectivity index (χ2v) is 4.29. The Balaban J connectivity index is 1.98. The molecule has 0 saturated carbocycles. The van der Waals surface area contributed by atoms with Crippen molar-refractivity contribution in [3.63, 3.8) is 0 Å². The molecule has 2 N–H and O–H groups in total. The van der Waals surface area contributed by atoms with E-state index in [0.29, 0.717) is 11.6 Å². The first-order chi connectivity index (χ1) is 9.56. The van der Waals surface area contributed by atoms with Gasteiger partial charge in [-0.3, -0.25) is 4.79 Å². The molecule has 5 heteroatoms. The molecule has 20 heavy (non-hydrogen) atoms. The van der Waals surface area contributed by atoms with Crippen molar-refractivity contribution in [2.75, 3.05) is 6.54 Å². The zero-order chi connectivity index (χ0) is 14.5. The molecule has 0 radical (unpaired) electrons. The Hall–Kier alpha value is -2.27. The van der Waals surface area contributed by atoms with Crippen LogP contribution in [0.1, 0.15) is 22.0 Å². The van der Waals surface area contributed by atoms with Crippen LogP contribution in [-0.4, -0.2) is 17.6 Å². The molecule has 0 aliphatic carbocycles. The lowest BCUT2D eigenvalue weighted by atomic mass is 10.1. The number of nitrogens with one attached hydrogen (secondary N) is 1. The lowest BCUT2D eigenvalue weighted by Crippen LogP contribution is -2.28. The summed E-state index contributed by atoms with van der Waals surface area (Å²) in [6, 6.07) is 11.3. The van der Waals surface area contributed by atoms with Crippen molar-refractivity contribution >= 4 is 5.91 Å². The summed E-state index contributed by atoms with van der Waals surface area (Å²) in [4.78, 5) is 11.7. The highest BCUT2D eigenvalue weighted by Crippen LogP contribution is 2.12. The number of carbonyl (C=O) groups is 1. The van der Waals surface area contributed by atoms with Crippen LogP contribution in [0.3, 0.4) is 0 Å². The Morgan fingerprint density at radius 2 is 1.70 bits per heavy atom. The van der Waals surface area contributed by atoms with Gasteiger partial charge in [-0.25, -0.2) is 8.78 Å². The van der Waals surface area contributed by atoms with Crippen molar-refractivity contribution in [2.24, 2.45) is 0 Å². The van der Waals surface area contributed by atoms with Gasteiger partial charge in [-0.15, -0.1) is 0 Å². The minimum Gasteiger partial charge on any atom is -0.387 e. The van der Waals surface area contributed by atoms with E-state index in [1.807, 2.05) is 6.07 Å². The molecule has 1 atom stereocenters. The second kappa shape index (κ2) is 6.25. The van der Waals surface area contributed by atoms with Gasteiger partial charge in [0.05, 0.1) is 6.10 Å². The summed E-state index contributed by atoms with van der Waals surface area (Å²) in [7, 11) is 0. The van der Waals surface area contributed by atoms with E-state index in [-0.39, 0.29) is 12.1 Å². The summed E-state index contributed by atoms with van der Waals surface area (Å²) in [6.07, 6.45) is -0.876. The number of rotatable bonds is 4. The third-order valence-corrected chi connectivity index (χ3v) is 2.77. The smallest absolute Gasteiger partial charge is 0.251 e. The second-order valence-electron chi connectivity index (χ2n) is 4.29. The van der Waals surface area contributed by atoms with E-state index in [1.165, 1.54) is 0 Å². The molecule has 2 rings (SSSR count). The maximum atomic E-state index is 13.0. The Morgan fingerprint density at radius 3 is 2.30 bits per heavy atom. The van der Waals surface area contributed by atoms with E-state index in [9.17, 15) is 18.7 Å². The largest absolute Gasteiger partial charge is 0.387 e. The third kappa shape index (κ3) is 3.61. The number of carbonyl (C=O) groups excluding carboxylic acids is 1. The molecule has 0 heterocycles. The molecule has 2 aromatic carbocycles. The van der Waals surface area contributed by atoms with E-state index in [2.05, 4.69) is 5.32 Å². The molecule has 1 unspecified atom stereocenters. The number of hydrogen-bond donors (Lipinski definition) is 2. The average molecular weight is 277 g/mol. The number of amides is 1. The minimum absolute atomic E-state index is 0.0407.